The molecule has 2 unspecified atom stereocenters. The number of pyridine rings is 1. The first kappa shape index (κ1) is 16.4. The van der Waals surface area contributed by atoms with Crippen LogP contribution >= 0.6 is 0 Å². The molecule has 6 heteroatoms. The maximum absolute atomic E-state index is 14.4. The lowest BCUT2D eigenvalue weighted by atomic mass is 9.87. The molecule has 138 valence electrons. The van der Waals surface area contributed by atoms with Gasteiger partial charge in [0, 0.05) is 40.5 Å². The third-order valence-corrected chi connectivity index (χ3v) is 5.74. The van der Waals surface area contributed by atoms with Crippen molar-refractivity contribution in [1.82, 2.24) is 25.5 Å². The Hall–Kier alpha value is -2.73. The number of rotatable bonds is 3. The number of hydrogen-bond donors (Lipinski definition) is 3. The van der Waals surface area contributed by atoms with Crippen molar-refractivity contribution < 1.29 is 4.39 Å². The van der Waals surface area contributed by atoms with Gasteiger partial charge in [-0.15, -0.1) is 0 Å². The highest BCUT2D eigenvalue weighted by Crippen LogP contribution is 2.36. The molecule has 5 rings (SSSR count). The zero-order valence-corrected chi connectivity index (χ0v) is 15.2. The second-order valence-electron chi connectivity index (χ2n) is 7.24. The van der Waals surface area contributed by atoms with Gasteiger partial charge >= 0.3 is 0 Å². The largest absolute Gasteiger partial charge is 0.354 e. The molecule has 1 aliphatic heterocycles. The predicted octanol–water partition coefficient (Wildman–Crippen LogP) is 4.08. The molecule has 3 N–H and O–H groups in total. The molecule has 0 bridgehead atoms. The van der Waals surface area contributed by atoms with E-state index < -0.39 is 6.17 Å². The number of alkyl halides is 1. The highest BCUT2D eigenvalue weighted by molar-refractivity contribution is 5.98. The molecule has 27 heavy (non-hydrogen) atoms. The number of piperidine rings is 1. The van der Waals surface area contributed by atoms with Crippen molar-refractivity contribution in [3.63, 3.8) is 0 Å². The van der Waals surface area contributed by atoms with E-state index >= 15 is 0 Å². The van der Waals surface area contributed by atoms with Crippen molar-refractivity contribution in [2.75, 3.05) is 13.1 Å². The van der Waals surface area contributed by atoms with E-state index in [1.54, 1.807) is 6.20 Å². The molecule has 1 aliphatic rings. The van der Waals surface area contributed by atoms with Crippen molar-refractivity contribution in [2.45, 2.75) is 31.9 Å². The number of aromatic nitrogens is 4. The van der Waals surface area contributed by atoms with Gasteiger partial charge in [0.2, 0.25) is 0 Å². The first-order chi connectivity index (χ1) is 13.3. The molecule has 4 heterocycles. The van der Waals surface area contributed by atoms with Crippen molar-refractivity contribution in [3.8, 4) is 11.3 Å². The van der Waals surface area contributed by atoms with Crippen LogP contribution in [0.5, 0.6) is 0 Å². The second kappa shape index (κ2) is 6.46. The normalized spacial score (nSPS) is 20.5. The van der Waals surface area contributed by atoms with Crippen LogP contribution in [0.3, 0.4) is 0 Å². The summed E-state index contributed by atoms with van der Waals surface area (Å²) >= 11 is 0. The van der Waals surface area contributed by atoms with E-state index in [4.69, 9.17) is 0 Å². The molecule has 0 aliphatic carbocycles. The Kier molecular flexibility index (Phi) is 3.93. The van der Waals surface area contributed by atoms with Crippen molar-refractivity contribution in [3.05, 3.63) is 47.8 Å². The minimum absolute atomic E-state index is 0.0276. The highest BCUT2D eigenvalue weighted by Gasteiger charge is 2.26. The summed E-state index contributed by atoms with van der Waals surface area (Å²) in [6.07, 6.45) is 4.52. The van der Waals surface area contributed by atoms with Crippen LogP contribution in [-0.4, -0.2) is 39.4 Å². The molecule has 0 radical (unpaired) electrons. The summed E-state index contributed by atoms with van der Waals surface area (Å²) in [5, 5.41) is 12.4. The monoisotopic (exact) mass is 363 g/mol. The Bertz CT molecular complexity index is 1110. The summed E-state index contributed by atoms with van der Waals surface area (Å²) < 4.78 is 14.4. The molecule has 1 aromatic carbocycles. The fraction of sp³-hybridized carbons (Fsp3) is 0.333. The Morgan fingerprint density at radius 1 is 1.22 bits per heavy atom. The molecule has 0 spiro atoms. The summed E-state index contributed by atoms with van der Waals surface area (Å²) in [7, 11) is 0. The number of aromatic amines is 2. The molecule has 3 aromatic heterocycles. The lowest BCUT2D eigenvalue weighted by molar-refractivity contribution is 0.231. The second-order valence-corrected chi connectivity index (χ2v) is 7.24. The summed E-state index contributed by atoms with van der Waals surface area (Å²) in [4.78, 5) is 7.92. The van der Waals surface area contributed by atoms with Crippen LogP contribution in [0.2, 0.25) is 0 Å². The average molecular weight is 363 g/mol. The first-order valence-electron chi connectivity index (χ1n) is 9.54. The summed E-state index contributed by atoms with van der Waals surface area (Å²) in [6.45, 7) is 3.48. The van der Waals surface area contributed by atoms with Crippen LogP contribution < -0.4 is 5.32 Å². The Morgan fingerprint density at radius 2 is 2.15 bits per heavy atom. The van der Waals surface area contributed by atoms with Gasteiger partial charge in [0.1, 0.15) is 6.17 Å². The minimum atomic E-state index is -0.828. The van der Waals surface area contributed by atoms with Crippen LogP contribution in [0.15, 0.2) is 36.7 Å². The van der Waals surface area contributed by atoms with Crippen molar-refractivity contribution in [2.24, 2.45) is 0 Å². The predicted molar refractivity (Wildman–Crippen MR) is 106 cm³/mol. The standard InChI is InChI=1S/C21H22FN5/c1-2-13-16-9-12(14-5-7-23-11-18(14)22)3-4-19(16)26-20(13)15-6-8-24-21-17(15)10-25-27-21/h3-4,6,8-10,14,18,23,26H,2,5,7,11H2,1H3,(H,24,25,27). The number of nitrogens with zero attached hydrogens (tertiary/aromatic N) is 2. The molecule has 0 amide bonds. The lowest BCUT2D eigenvalue weighted by Crippen LogP contribution is -2.36. The molecular weight excluding hydrogens is 341 g/mol. The zero-order chi connectivity index (χ0) is 18.4. The third-order valence-electron chi connectivity index (χ3n) is 5.74. The SMILES string of the molecule is CCc1c(-c2ccnc3[nH]ncc23)[nH]c2ccc(C3CCNCC3F)cc12. The van der Waals surface area contributed by atoms with Gasteiger partial charge in [0.25, 0.3) is 0 Å². The molecule has 1 saturated heterocycles. The fourth-order valence-corrected chi connectivity index (χ4v) is 4.36. The maximum Gasteiger partial charge on any atom is 0.155 e. The van der Waals surface area contributed by atoms with Crippen molar-refractivity contribution >= 4 is 21.9 Å². The third kappa shape index (κ3) is 2.63. The van der Waals surface area contributed by atoms with Gasteiger partial charge in [-0.1, -0.05) is 13.0 Å². The van der Waals surface area contributed by atoms with Crippen LogP contribution in [0.25, 0.3) is 33.2 Å². The molecule has 5 nitrogen and oxygen atoms in total. The smallest absolute Gasteiger partial charge is 0.155 e. The molecule has 4 aromatic rings. The van der Waals surface area contributed by atoms with E-state index in [0.29, 0.717) is 6.54 Å². The average Bonchev–Trinajstić information content (AvgIpc) is 3.31. The number of nitrogens with one attached hydrogen (secondary N) is 3. The van der Waals surface area contributed by atoms with Crippen LogP contribution in [0.4, 0.5) is 4.39 Å². The Labute approximate surface area is 156 Å². The molecule has 2 atom stereocenters. The summed E-state index contributed by atoms with van der Waals surface area (Å²) in [5.41, 5.74) is 6.41. The van der Waals surface area contributed by atoms with E-state index in [1.165, 1.54) is 10.9 Å². The Morgan fingerprint density at radius 3 is 3.00 bits per heavy atom. The van der Waals surface area contributed by atoms with E-state index in [-0.39, 0.29) is 5.92 Å². The number of aryl methyl sites for hydroxylation is 1. The fourth-order valence-electron chi connectivity index (χ4n) is 4.36. The van der Waals surface area contributed by atoms with Gasteiger partial charge in [-0.2, -0.15) is 5.10 Å². The highest BCUT2D eigenvalue weighted by atomic mass is 19.1. The topological polar surface area (TPSA) is 69.4 Å². The van der Waals surface area contributed by atoms with Crippen molar-refractivity contribution in [1.29, 1.82) is 0 Å². The van der Waals surface area contributed by atoms with E-state index in [9.17, 15) is 4.39 Å². The number of halogens is 1. The van der Waals surface area contributed by atoms with E-state index in [1.807, 2.05) is 12.3 Å². The van der Waals surface area contributed by atoms with Gasteiger partial charge in [-0.3, -0.25) is 5.10 Å². The van der Waals surface area contributed by atoms with Gasteiger partial charge < -0.3 is 10.3 Å². The van der Waals surface area contributed by atoms with E-state index in [2.05, 4.69) is 50.6 Å². The van der Waals surface area contributed by atoms with Gasteiger partial charge in [-0.25, -0.2) is 9.37 Å². The summed E-state index contributed by atoms with van der Waals surface area (Å²) in [5.74, 6) is -0.0276. The quantitative estimate of drug-likeness (QED) is 0.514. The Balaban J connectivity index is 1.67. The number of H-pyrrole nitrogens is 2. The lowest BCUT2D eigenvalue weighted by Gasteiger charge is -2.27. The molecule has 1 fully saturated rings. The molecular formula is C21H22FN5. The number of hydrogen-bond acceptors (Lipinski definition) is 3. The maximum atomic E-state index is 14.4. The van der Waals surface area contributed by atoms with Crippen LogP contribution in [-0.2, 0) is 6.42 Å². The minimum Gasteiger partial charge on any atom is -0.354 e. The number of fused-ring (bicyclic) bond motifs is 2. The molecule has 0 saturated carbocycles. The summed E-state index contributed by atoms with van der Waals surface area (Å²) in [6, 6.07) is 8.37. The number of benzene rings is 1. The van der Waals surface area contributed by atoms with Gasteiger partial charge in [0.15, 0.2) is 5.65 Å². The van der Waals surface area contributed by atoms with Gasteiger partial charge in [0.05, 0.1) is 11.9 Å². The van der Waals surface area contributed by atoms with Crippen LogP contribution in [0.1, 0.15) is 30.4 Å². The zero-order valence-electron chi connectivity index (χ0n) is 15.2. The van der Waals surface area contributed by atoms with Crippen LogP contribution in [0, 0.1) is 0 Å². The van der Waals surface area contributed by atoms with Gasteiger partial charge in [-0.05, 0) is 48.7 Å². The first-order valence-corrected chi connectivity index (χ1v) is 9.54. The van der Waals surface area contributed by atoms with E-state index in [0.717, 1.165) is 52.8 Å².